The molecule has 0 spiro atoms. The molecule has 2 bridgehead atoms. The quantitative estimate of drug-likeness (QED) is 0.668. The van der Waals surface area contributed by atoms with Crippen molar-refractivity contribution in [2.45, 2.75) is 38.6 Å². The van der Waals surface area contributed by atoms with Gasteiger partial charge in [0.15, 0.2) is 0 Å². The maximum absolute atomic E-state index is 12.1. The van der Waals surface area contributed by atoms with Crippen LogP contribution in [0.25, 0.3) is 0 Å². The number of benzene rings is 1. The molecule has 23 heavy (non-hydrogen) atoms. The van der Waals surface area contributed by atoms with Crippen LogP contribution in [0.5, 0.6) is 0 Å². The lowest BCUT2D eigenvalue weighted by Crippen LogP contribution is -2.49. The molecule has 1 aliphatic heterocycles. The van der Waals surface area contributed by atoms with E-state index in [2.05, 4.69) is 0 Å². The number of rotatable bonds is 4. The molecule has 7 nitrogen and oxygen atoms in total. The predicted octanol–water partition coefficient (Wildman–Crippen LogP) is 1.89. The van der Waals surface area contributed by atoms with Gasteiger partial charge in [0.25, 0.3) is 0 Å². The summed E-state index contributed by atoms with van der Waals surface area (Å²) in [5, 5.41) is 9.29. The Morgan fingerprint density at radius 1 is 1.26 bits per heavy atom. The van der Waals surface area contributed by atoms with Crippen molar-refractivity contribution in [2.75, 3.05) is 0 Å². The third-order valence-corrected chi connectivity index (χ3v) is 4.42. The second-order valence-corrected chi connectivity index (χ2v) is 6.02. The first-order valence-electron chi connectivity index (χ1n) is 7.47. The number of carbonyl (C=O) groups excluding carboxylic acids is 1. The molecule has 1 N–H and O–H groups in total. The van der Waals surface area contributed by atoms with Crippen LogP contribution in [0, 0.1) is 18.8 Å². The Bertz CT molecular complexity index is 614. The van der Waals surface area contributed by atoms with Crippen molar-refractivity contribution >= 4 is 11.9 Å². The Morgan fingerprint density at radius 3 is 2.70 bits per heavy atom. The van der Waals surface area contributed by atoms with Crippen molar-refractivity contribution in [1.82, 2.24) is 0 Å². The van der Waals surface area contributed by atoms with E-state index in [1.807, 2.05) is 13.0 Å². The summed E-state index contributed by atoms with van der Waals surface area (Å²) < 4.78 is 0. The van der Waals surface area contributed by atoms with Gasteiger partial charge in [0.1, 0.15) is 24.2 Å². The van der Waals surface area contributed by atoms with E-state index in [1.54, 1.807) is 25.1 Å². The molecule has 7 heteroatoms. The van der Waals surface area contributed by atoms with Crippen molar-refractivity contribution in [3.63, 3.8) is 0 Å². The first kappa shape index (κ1) is 15.9. The minimum atomic E-state index is -1.01. The van der Waals surface area contributed by atoms with E-state index in [-0.39, 0.29) is 5.92 Å². The zero-order valence-corrected chi connectivity index (χ0v) is 12.8. The van der Waals surface area contributed by atoms with Gasteiger partial charge in [-0.05, 0) is 30.9 Å². The molecule has 124 valence electrons. The fraction of sp³-hybridized carbons (Fsp3) is 0.500. The van der Waals surface area contributed by atoms with E-state index >= 15 is 0 Å². The lowest BCUT2D eigenvalue weighted by molar-refractivity contribution is -0.342. The lowest BCUT2D eigenvalue weighted by Gasteiger charge is -2.32. The fourth-order valence-electron chi connectivity index (χ4n) is 3.13. The molecule has 1 saturated carbocycles. The van der Waals surface area contributed by atoms with E-state index in [0.717, 1.165) is 5.56 Å². The van der Waals surface area contributed by atoms with Gasteiger partial charge in [-0.1, -0.05) is 25.1 Å². The average molecular weight is 322 g/mol. The van der Waals surface area contributed by atoms with Gasteiger partial charge in [0.2, 0.25) is 0 Å². The molecule has 0 radical (unpaired) electrons. The van der Waals surface area contributed by atoms with Crippen LogP contribution < -0.4 is 0 Å². The van der Waals surface area contributed by atoms with E-state index in [1.165, 1.54) is 0 Å². The Balaban J connectivity index is 1.68. The minimum Gasteiger partial charge on any atom is -0.481 e. The highest BCUT2D eigenvalue weighted by Crippen LogP contribution is 2.41. The van der Waals surface area contributed by atoms with Gasteiger partial charge in [0.05, 0.1) is 5.56 Å². The van der Waals surface area contributed by atoms with E-state index < -0.39 is 36.2 Å². The normalized spacial score (nSPS) is 32.5. The highest BCUT2D eigenvalue weighted by atomic mass is 17.2. The van der Waals surface area contributed by atoms with Crippen molar-refractivity contribution in [3.8, 4) is 0 Å². The summed E-state index contributed by atoms with van der Waals surface area (Å²) in [7, 11) is 0. The van der Waals surface area contributed by atoms with Gasteiger partial charge < -0.3 is 5.11 Å². The molecule has 2 fully saturated rings. The molecule has 1 aromatic rings. The predicted molar refractivity (Wildman–Crippen MR) is 76.1 cm³/mol. The Labute approximate surface area is 132 Å². The first-order chi connectivity index (χ1) is 11.0. The van der Waals surface area contributed by atoms with Crippen LogP contribution in [0.3, 0.4) is 0 Å². The molecular formula is C16H18O7. The number of fused-ring (bicyclic) bond motifs is 2. The molecule has 1 aliphatic carbocycles. The number of carboxylic acids is 1. The van der Waals surface area contributed by atoms with Gasteiger partial charge in [-0.3, -0.25) is 9.68 Å². The lowest BCUT2D eigenvalue weighted by atomic mass is 9.77. The maximum Gasteiger partial charge on any atom is 0.373 e. The van der Waals surface area contributed by atoms with E-state index in [0.29, 0.717) is 12.0 Å². The summed E-state index contributed by atoms with van der Waals surface area (Å²) in [4.78, 5) is 43.8. The number of aryl methyl sites for hydroxylation is 1. The Kier molecular flexibility index (Phi) is 4.34. The molecule has 1 aromatic carbocycles. The number of hydrogen-bond acceptors (Lipinski definition) is 6. The van der Waals surface area contributed by atoms with Gasteiger partial charge in [0, 0.05) is 0 Å². The molecule has 5 unspecified atom stereocenters. The maximum atomic E-state index is 12.1. The van der Waals surface area contributed by atoms with E-state index in [4.69, 9.17) is 19.6 Å². The summed E-state index contributed by atoms with van der Waals surface area (Å²) in [6.07, 6.45) is -1.53. The SMILES string of the molecule is Cc1ccccc1C(=O)OOC1C(C)CC2OOC1C2C(=O)O. The van der Waals surface area contributed by atoms with Crippen molar-refractivity contribution < 1.29 is 34.2 Å². The van der Waals surface area contributed by atoms with Crippen LogP contribution in [0.4, 0.5) is 0 Å². The molecule has 1 heterocycles. The zero-order chi connectivity index (χ0) is 16.6. The molecule has 3 rings (SSSR count). The van der Waals surface area contributed by atoms with Crippen LogP contribution in [0.2, 0.25) is 0 Å². The molecule has 1 saturated heterocycles. The third-order valence-electron chi connectivity index (χ3n) is 4.42. The minimum absolute atomic E-state index is 0.0622. The van der Waals surface area contributed by atoms with Crippen LogP contribution in [-0.4, -0.2) is 35.4 Å². The van der Waals surface area contributed by atoms with E-state index in [9.17, 15) is 14.7 Å². The summed E-state index contributed by atoms with van der Waals surface area (Å²) >= 11 is 0. The molecule has 0 amide bonds. The molecule has 2 aliphatic rings. The van der Waals surface area contributed by atoms with Crippen molar-refractivity contribution in [2.24, 2.45) is 11.8 Å². The van der Waals surface area contributed by atoms with Gasteiger partial charge in [-0.15, -0.1) is 0 Å². The standard InChI is InChI=1S/C16H18O7/c1-8-5-3-4-6-10(8)16(19)23-21-13-9(2)7-11-12(15(17)18)14(13)22-20-11/h3-6,9,11-14H,7H2,1-2H3,(H,17,18). The highest BCUT2D eigenvalue weighted by molar-refractivity contribution is 5.90. The zero-order valence-electron chi connectivity index (χ0n) is 12.8. The number of hydrogen-bond donors (Lipinski definition) is 1. The second kappa shape index (κ2) is 6.27. The Morgan fingerprint density at radius 2 is 2.00 bits per heavy atom. The smallest absolute Gasteiger partial charge is 0.373 e. The van der Waals surface area contributed by atoms with Crippen LogP contribution in [-0.2, 0) is 24.3 Å². The Hall–Kier alpha value is -1.96. The fourth-order valence-corrected chi connectivity index (χ4v) is 3.13. The number of carbonyl (C=O) groups is 2. The summed E-state index contributed by atoms with van der Waals surface area (Å²) in [6.45, 7) is 3.67. The van der Waals surface area contributed by atoms with Gasteiger partial charge in [-0.2, -0.15) is 4.89 Å². The third kappa shape index (κ3) is 2.95. The molecule has 5 atom stereocenters. The van der Waals surface area contributed by atoms with Gasteiger partial charge >= 0.3 is 11.9 Å². The monoisotopic (exact) mass is 322 g/mol. The first-order valence-corrected chi connectivity index (χ1v) is 7.47. The van der Waals surface area contributed by atoms with Gasteiger partial charge in [-0.25, -0.2) is 14.6 Å². The largest absolute Gasteiger partial charge is 0.481 e. The number of aliphatic carboxylic acids is 1. The summed E-state index contributed by atoms with van der Waals surface area (Å²) in [6, 6.07) is 6.97. The molecule has 0 aromatic heterocycles. The summed E-state index contributed by atoms with van der Waals surface area (Å²) in [5.41, 5.74) is 1.16. The highest BCUT2D eigenvalue weighted by Gasteiger charge is 2.55. The average Bonchev–Trinajstić information content (AvgIpc) is 2.84. The van der Waals surface area contributed by atoms with Crippen molar-refractivity contribution in [1.29, 1.82) is 0 Å². The second-order valence-electron chi connectivity index (χ2n) is 6.02. The number of carboxylic acid groups (broad SMARTS) is 1. The van der Waals surface area contributed by atoms with Crippen LogP contribution >= 0.6 is 0 Å². The van der Waals surface area contributed by atoms with Crippen LogP contribution in [0.1, 0.15) is 29.3 Å². The molecular weight excluding hydrogens is 304 g/mol. The van der Waals surface area contributed by atoms with Crippen LogP contribution in [0.15, 0.2) is 24.3 Å². The summed E-state index contributed by atoms with van der Waals surface area (Å²) in [5.74, 6) is -2.52. The topological polar surface area (TPSA) is 91.3 Å². The van der Waals surface area contributed by atoms with Crippen molar-refractivity contribution in [3.05, 3.63) is 35.4 Å².